The van der Waals surface area contributed by atoms with Gasteiger partial charge in [0.05, 0.1) is 11.1 Å². The van der Waals surface area contributed by atoms with Crippen molar-refractivity contribution in [1.29, 1.82) is 0 Å². The van der Waals surface area contributed by atoms with Gasteiger partial charge in [-0.05, 0) is 97.7 Å². The Morgan fingerprint density at radius 3 is 2.26 bits per heavy atom. The molecule has 6 nitrogen and oxygen atoms in total. The summed E-state index contributed by atoms with van der Waals surface area (Å²) in [5.41, 5.74) is 2.94. The number of nitrogens with zero attached hydrogens (tertiary/aromatic N) is 3. The van der Waals surface area contributed by atoms with Crippen molar-refractivity contribution >= 4 is 34.1 Å². The topological polar surface area (TPSA) is 65.8 Å². The number of halogens is 1. The first-order chi connectivity index (χ1) is 20.9. The lowest BCUT2D eigenvalue weighted by Crippen LogP contribution is -2.32. The number of fused-ring (bicyclic) bond motifs is 1. The molecule has 6 rings (SSSR count). The lowest BCUT2D eigenvalue weighted by atomic mass is 9.89. The minimum Gasteiger partial charge on any atom is -0.481 e. The maximum atomic E-state index is 12.9. The molecule has 2 saturated heterocycles. The SMILES string of the molecule is CCN1CCC(c2ccc(F)cc2)CC1.C[C@H]1CCN(C(=O)c2cccc3ccn(CCCC(=O)O)c23)C1.c1ccsc1. The third kappa shape index (κ3) is 9.50. The number of benzene rings is 2. The number of piperidine rings is 1. The Bertz CT molecular complexity index is 1390. The fourth-order valence-electron chi connectivity index (χ4n) is 5.85. The fraction of sp³-hybridized carbons (Fsp3) is 0.429. The van der Waals surface area contributed by atoms with Gasteiger partial charge in [0.25, 0.3) is 5.91 Å². The molecule has 2 fully saturated rings. The van der Waals surface area contributed by atoms with Crippen LogP contribution in [-0.2, 0) is 11.3 Å². The Morgan fingerprint density at radius 2 is 1.67 bits per heavy atom. The van der Waals surface area contributed by atoms with Gasteiger partial charge in [-0.2, -0.15) is 11.3 Å². The number of likely N-dealkylation sites (tertiary alicyclic amines) is 2. The van der Waals surface area contributed by atoms with Crippen LogP contribution in [0.25, 0.3) is 10.9 Å². The minimum absolute atomic E-state index is 0.0816. The quantitative estimate of drug-likeness (QED) is 0.234. The maximum Gasteiger partial charge on any atom is 0.303 e. The summed E-state index contributed by atoms with van der Waals surface area (Å²) < 4.78 is 14.8. The molecule has 1 N–H and O–H groups in total. The number of carbonyl (C=O) groups is 2. The number of para-hydroxylation sites is 1. The first-order valence-corrected chi connectivity index (χ1v) is 16.3. The van der Waals surface area contributed by atoms with Crippen LogP contribution in [-0.4, -0.2) is 64.1 Å². The molecule has 8 heteroatoms. The molecule has 4 aromatic rings. The Labute approximate surface area is 258 Å². The molecule has 2 aliphatic heterocycles. The van der Waals surface area contributed by atoms with Crippen molar-refractivity contribution in [2.75, 3.05) is 32.7 Å². The number of aryl methyl sites for hydroxylation is 1. The van der Waals surface area contributed by atoms with Gasteiger partial charge in [-0.1, -0.05) is 50.2 Å². The van der Waals surface area contributed by atoms with Crippen LogP contribution < -0.4 is 0 Å². The summed E-state index contributed by atoms with van der Waals surface area (Å²) in [6.07, 6.45) is 6.11. The van der Waals surface area contributed by atoms with Gasteiger partial charge in [0.2, 0.25) is 0 Å². The zero-order valence-corrected chi connectivity index (χ0v) is 26.1. The maximum absolute atomic E-state index is 12.9. The van der Waals surface area contributed by atoms with E-state index in [1.165, 1.54) is 31.5 Å². The van der Waals surface area contributed by atoms with Gasteiger partial charge in [0.1, 0.15) is 5.82 Å². The summed E-state index contributed by atoms with van der Waals surface area (Å²) in [6, 6.07) is 18.8. The van der Waals surface area contributed by atoms with E-state index in [1.807, 2.05) is 75.0 Å². The Balaban J connectivity index is 0.000000180. The van der Waals surface area contributed by atoms with Crippen LogP contribution in [0.15, 0.2) is 77.6 Å². The van der Waals surface area contributed by atoms with Crippen LogP contribution in [0.1, 0.15) is 67.8 Å². The third-order valence-corrected chi connectivity index (χ3v) is 8.95. The summed E-state index contributed by atoms with van der Waals surface area (Å²) >= 11 is 1.71. The number of carboxylic acid groups (broad SMARTS) is 1. The molecule has 1 atom stereocenters. The van der Waals surface area contributed by atoms with Crippen molar-refractivity contribution in [2.45, 2.75) is 58.4 Å². The molecule has 0 unspecified atom stereocenters. The fourth-order valence-corrected chi connectivity index (χ4v) is 6.31. The van der Waals surface area contributed by atoms with E-state index in [2.05, 4.69) is 18.7 Å². The van der Waals surface area contributed by atoms with E-state index < -0.39 is 5.97 Å². The third-order valence-electron chi connectivity index (χ3n) is 8.32. The van der Waals surface area contributed by atoms with Crippen molar-refractivity contribution in [3.8, 4) is 0 Å². The Hall–Kier alpha value is -3.49. The largest absolute Gasteiger partial charge is 0.481 e. The van der Waals surface area contributed by atoms with Crippen LogP contribution in [0.3, 0.4) is 0 Å². The molecule has 230 valence electrons. The van der Waals surface area contributed by atoms with Crippen molar-refractivity contribution in [3.05, 3.63) is 94.6 Å². The lowest BCUT2D eigenvalue weighted by molar-refractivity contribution is -0.137. The monoisotopic (exact) mass is 605 g/mol. The number of carbonyl (C=O) groups excluding carboxylic acids is 1. The molecule has 0 saturated carbocycles. The van der Waals surface area contributed by atoms with Gasteiger partial charge in [0, 0.05) is 37.6 Å². The molecule has 0 aliphatic carbocycles. The van der Waals surface area contributed by atoms with E-state index in [0.717, 1.165) is 42.5 Å². The first kappa shape index (κ1) is 32.4. The second-order valence-electron chi connectivity index (χ2n) is 11.4. The van der Waals surface area contributed by atoms with Crippen LogP contribution >= 0.6 is 11.3 Å². The zero-order valence-electron chi connectivity index (χ0n) is 25.3. The van der Waals surface area contributed by atoms with Crippen LogP contribution in [0.5, 0.6) is 0 Å². The van der Waals surface area contributed by atoms with E-state index in [-0.39, 0.29) is 18.1 Å². The molecule has 2 aliphatic rings. The van der Waals surface area contributed by atoms with Crippen molar-refractivity contribution in [3.63, 3.8) is 0 Å². The van der Waals surface area contributed by atoms with E-state index in [0.29, 0.717) is 24.8 Å². The molecular weight excluding hydrogens is 561 g/mol. The molecule has 43 heavy (non-hydrogen) atoms. The van der Waals surface area contributed by atoms with Crippen molar-refractivity contribution in [2.24, 2.45) is 5.92 Å². The second kappa shape index (κ2) is 16.4. The van der Waals surface area contributed by atoms with E-state index >= 15 is 0 Å². The van der Waals surface area contributed by atoms with Crippen molar-refractivity contribution in [1.82, 2.24) is 14.4 Å². The van der Waals surface area contributed by atoms with Gasteiger partial charge >= 0.3 is 5.97 Å². The van der Waals surface area contributed by atoms with Gasteiger partial charge in [-0.25, -0.2) is 4.39 Å². The number of rotatable bonds is 7. The van der Waals surface area contributed by atoms with E-state index in [9.17, 15) is 14.0 Å². The van der Waals surface area contributed by atoms with Gasteiger partial charge in [0.15, 0.2) is 0 Å². The summed E-state index contributed by atoms with van der Waals surface area (Å²) in [6.45, 7) is 10.1. The first-order valence-electron chi connectivity index (χ1n) is 15.4. The van der Waals surface area contributed by atoms with Gasteiger partial charge in [-0.3, -0.25) is 9.59 Å². The highest BCUT2D eigenvalue weighted by Crippen LogP contribution is 2.28. The number of amides is 1. The lowest BCUT2D eigenvalue weighted by Gasteiger charge is -2.31. The van der Waals surface area contributed by atoms with E-state index in [1.54, 1.807) is 23.5 Å². The summed E-state index contributed by atoms with van der Waals surface area (Å²) in [5, 5.41) is 13.9. The van der Waals surface area contributed by atoms with Gasteiger partial charge in [-0.15, -0.1) is 0 Å². The summed E-state index contributed by atoms with van der Waals surface area (Å²) in [4.78, 5) is 28.0. The number of carboxylic acids is 1. The predicted octanol–water partition coefficient (Wildman–Crippen LogP) is 7.76. The average molecular weight is 606 g/mol. The molecule has 0 bridgehead atoms. The highest BCUT2D eigenvalue weighted by atomic mass is 32.1. The standard InChI is InChI=1S/C18H22N2O3.C13H18FN.C4H4S/c1-13-7-10-20(12-13)18(23)15-5-2-4-14-8-11-19(17(14)15)9-3-6-16(21)22;1-2-15-9-7-12(8-10-15)11-3-5-13(14)6-4-11;1-2-4-5-3-1/h2,4-5,8,11,13H,3,6-7,9-10,12H2,1H3,(H,21,22);3-6,12H,2,7-10H2,1H3;1-4H/t13-;;/m0../s1. The van der Waals surface area contributed by atoms with E-state index in [4.69, 9.17) is 5.11 Å². The van der Waals surface area contributed by atoms with Crippen molar-refractivity contribution < 1.29 is 19.1 Å². The average Bonchev–Trinajstić information content (AvgIpc) is 3.81. The molecule has 2 aromatic carbocycles. The number of hydrogen-bond donors (Lipinski definition) is 1. The van der Waals surface area contributed by atoms with Crippen LogP contribution in [0.2, 0.25) is 0 Å². The molecule has 1 amide bonds. The Morgan fingerprint density at radius 1 is 0.953 bits per heavy atom. The predicted molar refractivity (Wildman–Crippen MR) is 173 cm³/mol. The van der Waals surface area contributed by atoms with Crippen LogP contribution in [0, 0.1) is 11.7 Å². The highest BCUT2D eigenvalue weighted by molar-refractivity contribution is 7.07. The minimum atomic E-state index is -0.788. The number of aromatic nitrogens is 1. The number of aliphatic carboxylic acids is 1. The summed E-state index contributed by atoms with van der Waals surface area (Å²) in [5.74, 6) is 0.348. The second-order valence-corrected chi connectivity index (χ2v) is 12.3. The molecular formula is C35H44FN3O3S. The molecule has 2 aromatic heterocycles. The smallest absolute Gasteiger partial charge is 0.303 e. The Kier molecular flexibility index (Phi) is 12.4. The normalized spacial score (nSPS) is 17.2. The molecule has 4 heterocycles. The van der Waals surface area contributed by atoms with Crippen LogP contribution in [0.4, 0.5) is 4.39 Å². The molecule has 0 radical (unpaired) electrons. The zero-order chi connectivity index (χ0) is 30.6. The number of hydrogen-bond acceptors (Lipinski definition) is 4. The summed E-state index contributed by atoms with van der Waals surface area (Å²) in [7, 11) is 0. The number of thiophene rings is 1. The van der Waals surface area contributed by atoms with Gasteiger partial charge < -0.3 is 19.5 Å². The highest BCUT2D eigenvalue weighted by Gasteiger charge is 2.26. The molecule has 0 spiro atoms.